The summed E-state index contributed by atoms with van der Waals surface area (Å²) in [6.45, 7) is 4.20. The van der Waals surface area contributed by atoms with E-state index in [1.54, 1.807) is 12.4 Å². The summed E-state index contributed by atoms with van der Waals surface area (Å²) < 4.78 is 1.94. The van der Waals surface area contributed by atoms with E-state index in [0.717, 1.165) is 11.1 Å². The van der Waals surface area contributed by atoms with Crippen molar-refractivity contribution >= 4 is 23.7 Å². The van der Waals surface area contributed by atoms with Crippen LogP contribution in [0.2, 0.25) is 0 Å². The standard InChI is InChI=1S/C20H22N6O2S/c1-14(2)22-19(28)23-17(27)13-29-20-25-24-18(16-9-6-10-21-11-16)26(20)12-15-7-4-3-5-8-15/h3-11,14H,12-13H2,1-2H3,(H2,22,23,27,28). The predicted molar refractivity (Wildman–Crippen MR) is 111 cm³/mol. The number of nitrogens with zero attached hydrogens (tertiary/aromatic N) is 4. The van der Waals surface area contributed by atoms with Gasteiger partial charge in [-0.3, -0.25) is 19.7 Å². The fourth-order valence-corrected chi connectivity index (χ4v) is 3.34. The van der Waals surface area contributed by atoms with E-state index in [2.05, 4.69) is 25.8 Å². The lowest BCUT2D eigenvalue weighted by molar-refractivity contribution is -0.117. The topological polar surface area (TPSA) is 102 Å². The molecule has 0 saturated heterocycles. The number of carbonyl (C=O) groups is 2. The van der Waals surface area contributed by atoms with Crippen LogP contribution in [0.4, 0.5) is 4.79 Å². The maximum absolute atomic E-state index is 12.1. The van der Waals surface area contributed by atoms with Crippen LogP contribution in [0.5, 0.6) is 0 Å². The second kappa shape index (κ2) is 9.83. The SMILES string of the molecule is CC(C)NC(=O)NC(=O)CSc1nnc(-c2cccnc2)n1Cc1ccccc1. The van der Waals surface area contributed by atoms with E-state index in [-0.39, 0.29) is 11.8 Å². The normalized spacial score (nSPS) is 10.7. The van der Waals surface area contributed by atoms with E-state index in [1.807, 2.05) is 60.9 Å². The molecule has 0 bridgehead atoms. The van der Waals surface area contributed by atoms with Gasteiger partial charge in [-0.05, 0) is 31.5 Å². The molecule has 2 N–H and O–H groups in total. The maximum Gasteiger partial charge on any atom is 0.321 e. The number of imide groups is 1. The lowest BCUT2D eigenvalue weighted by atomic mass is 10.2. The van der Waals surface area contributed by atoms with Crippen molar-refractivity contribution in [3.8, 4) is 11.4 Å². The zero-order valence-electron chi connectivity index (χ0n) is 16.2. The molecule has 0 radical (unpaired) electrons. The fourth-order valence-electron chi connectivity index (χ4n) is 2.60. The predicted octanol–water partition coefficient (Wildman–Crippen LogP) is 2.71. The van der Waals surface area contributed by atoms with Crippen molar-refractivity contribution in [2.45, 2.75) is 31.6 Å². The van der Waals surface area contributed by atoms with Crippen LogP contribution in [0.15, 0.2) is 60.0 Å². The minimum atomic E-state index is -0.507. The van der Waals surface area contributed by atoms with Crippen molar-refractivity contribution in [2.24, 2.45) is 0 Å². The third kappa shape index (κ3) is 5.89. The highest BCUT2D eigenvalue weighted by Gasteiger charge is 2.17. The minimum Gasteiger partial charge on any atom is -0.336 e. The van der Waals surface area contributed by atoms with Gasteiger partial charge in [0, 0.05) is 24.0 Å². The smallest absolute Gasteiger partial charge is 0.321 e. The van der Waals surface area contributed by atoms with Crippen molar-refractivity contribution in [3.05, 3.63) is 60.4 Å². The molecule has 8 nitrogen and oxygen atoms in total. The molecular weight excluding hydrogens is 388 g/mol. The highest BCUT2D eigenvalue weighted by Crippen LogP contribution is 2.24. The summed E-state index contributed by atoms with van der Waals surface area (Å²) >= 11 is 1.23. The molecule has 0 aliphatic rings. The van der Waals surface area contributed by atoms with Gasteiger partial charge in [-0.25, -0.2) is 4.79 Å². The lowest BCUT2D eigenvalue weighted by Crippen LogP contribution is -2.43. The number of nitrogens with one attached hydrogen (secondary N) is 2. The first-order chi connectivity index (χ1) is 14.0. The van der Waals surface area contributed by atoms with Crippen molar-refractivity contribution < 1.29 is 9.59 Å². The van der Waals surface area contributed by atoms with E-state index in [0.29, 0.717) is 17.5 Å². The average molecular weight is 411 g/mol. The number of pyridine rings is 1. The first kappa shape index (κ1) is 20.5. The van der Waals surface area contributed by atoms with Gasteiger partial charge in [0.1, 0.15) is 0 Å². The Morgan fingerprint density at radius 1 is 1.10 bits per heavy atom. The number of thioether (sulfide) groups is 1. The number of carbonyl (C=O) groups excluding carboxylic acids is 2. The molecule has 29 heavy (non-hydrogen) atoms. The van der Waals surface area contributed by atoms with Crippen molar-refractivity contribution in [1.82, 2.24) is 30.4 Å². The molecule has 3 aromatic rings. The van der Waals surface area contributed by atoms with Gasteiger partial charge in [0.2, 0.25) is 5.91 Å². The van der Waals surface area contributed by atoms with Gasteiger partial charge in [0.15, 0.2) is 11.0 Å². The molecular formula is C20H22N6O2S. The van der Waals surface area contributed by atoms with Crippen molar-refractivity contribution in [3.63, 3.8) is 0 Å². The highest BCUT2D eigenvalue weighted by molar-refractivity contribution is 7.99. The number of urea groups is 1. The summed E-state index contributed by atoms with van der Waals surface area (Å²) in [4.78, 5) is 27.9. The quantitative estimate of drug-likeness (QED) is 0.581. The number of rotatable bonds is 7. The molecule has 0 spiro atoms. The Morgan fingerprint density at radius 2 is 1.90 bits per heavy atom. The molecule has 2 aromatic heterocycles. The van der Waals surface area contributed by atoms with Gasteiger partial charge >= 0.3 is 6.03 Å². The largest absolute Gasteiger partial charge is 0.336 e. The Balaban J connectivity index is 1.77. The number of aromatic nitrogens is 4. The Labute approximate surface area is 173 Å². The van der Waals surface area contributed by atoms with Gasteiger partial charge in [0.05, 0.1) is 12.3 Å². The molecule has 0 saturated carbocycles. The van der Waals surface area contributed by atoms with E-state index < -0.39 is 11.9 Å². The Kier molecular flexibility index (Phi) is 6.96. The van der Waals surface area contributed by atoms with E-state index in [9.17, 15) is 9.59 Å². The molecule has 2 heterocycles. The highest BCUT2D eigenvalue weighted by atomic mass is 32.2. The summed E-state index contributed by atoms with van der Waals surface area (Å²) in [7, 11) is 0. The molecule has 1 aromatic carbocycles. The third-order valence-electron chi connectivity index (χ3n) is 3.83. The van der Waals surface area contributed by atoms with Crippen LogP contribution in [0.1, 0.15) is 19.4 Å². The van der Waals surface area contributed by atoms with Gasteiger partial charge in [-0.2, -0.15) is 0 Å². The van der Waals surface area contributed by atoms with Crippen LogP contribution in [-0.2, 0) is 11.3 Å². The molecule has 3 rings (SSSR count). The first-order valence-corrected chi connectivity index (χ1v) is 10.1. The van der Waals surface area contributed by atoms with Crippen LogP contribution in [0, 0.1) is 0 Å². The summed E-state index contributed by atoms with van der Waals surface area (Å²) in [5, 5.41) is 14.1. The van der Waals surface area contributed by atoms with Gasteiger partial charge in [0.25, 0.3) is 0 Å². The van der Waals surface area contributed by atoms with Crippen molar-refractivity contribution in [1.29, 1.82) is 0 Å². The zero-order chi connectivity index (χ0) is 20.6. The molecule has 0 atom stereocenters. The van der Waals surface area contributed by atoms with E-state index >= 15 is 0 Å². The molecule has 0 unspecified atom stereocenters. The van der Waals surface area contributed by atoms with Crippen LogP contribution in [-0.4, -0.2) is 43.5 Å². The van der Waals surface area contributed by atoms with Crippen LogP contribution < -0.4 is 10.6 Å². The van der Waals surface area contributed by atoms with Gasteiger partial charge in [-0.1, -0.05) is 42.1 Å². The summed E-state index contributed by atoms with van der Waals surface area (Å²) in [6, 6.07) is 13.1. The number of benzene rings is 1. The van der Waals surface area contributed by atoms with Crippen LogP contribution in [0.3, 0.4) is 0 Å². The fraction of sp³-hybridized carbons (Fsp3) is 0.250. The number of hydrogen-bond acceptors (Lipinski definition) is 6. The van der Waals surface area contributed by atoms with Crippen LogP contribution in [0.25, 0.3) is 11.4 Å². The first-order valence-electron chi connectivity index (χ1n) is 9.13. The molecule has 3 amide bonds. The zero-order valence-corrected chi connectivity index (χ0v) is 17.0. The monoisotopic (exact) mass is 410 g/mol. The van der Waals surface area contributed by atoms with E-state index in [1.165, 1.54) is 11.8 Å². The molecule has 0 aliphatic heterocycles. The summed E-state index contributed by atoms with van der Waals surface area (Å²) in [6.07, 6.45) is 3.42. The Morgan fingerprint density at radius 3 is 2.59 bits per heavy atom. The number of amides is 3. The second-order valence-electron chi connectivity index (χ2n) is 6.58. The second-order valence-corrected chi connectivity index (χ2v) is 7.53. The van der Waals surface area contributed by atoms with Gasteiger partial charge in [-0.15, -0.1) is 10.2 Å². The third-order valence-corrected chi connectivity index (χ3v) is 4.79. The minimum absolute atomic E-state index is 0.0471. The lowest BCUT2D eigenvalue weighted by Gasteiger charge is -2.11. The summed E-state index contributed by atoms with van der Waals surface area (Å²) in [5.74, 6) is 0.318. The molecule has 150 valence electrons. The molecule has 9 heteroatoms. The Hall–Kier alpha value is -3.20. The molecule has 0 fully saturated rings. The Bertz CT molecular complexity index is 960. The molecule has 0 aliphatic carbocycles. The number of hydrogen-bond donors (Lipinski definition) is 2. The summed E-state index contributed by atoms with van der Waals surface area (Å²) in [5.41, 5.74) is 1.92. The van der Waals surface area contributed by atoms with Gasteiger partial charge < -0.3 is 5.32 Å². The average Bonchev–Trinajstić information content (AvgIpc) is 3.09. The van der Waals surface area contributed by atoms with Crippen molar-refractivity contribution in [2.75, 3.05) is 5.75 Å². The maximum atomic E-state index is 12.1. The van der Waals surface area contributed by atoms with Crippen LogP contribution >= 0.6 is 11.8 Å². The van der Waals surface area contributed by atoms with E-state index in [4.69, 9.17) is 0 Å².